The molecule has 7 nitrogen and oxygen atoms in total. The van der Waals surface area contributed by atoms with Crippen molar-refractivity contribution in [1.29, 1.82) is 0 Å². The largest absolute Gasteiger partial charge is 0.410 e. The molecule has 7 heteroatoms. The molecule has 2 saturated heterocycles. The maximum atomic E-state index is 11.4. The van der Waals surface area contributed by atoms with Gasteiger partial charge in [0.05, 0.1) is 5.52 Å². The summed E-state index contributed by atoms with van der Waals surface area (Å²) in [6, 6.07) is 5.79. The average molecular weight is 414 g/mol. The van der Waals surface area contributed by atoms with Crippen LogP contribution in [-0.4, -0.2) is 64.7 Å². The minimum absolute atomic E-state index is 0.438. The lowest BCUT2D eigenvalue weighted by atomic mass is 9.95. The molecule has 2 aliphatic rings. The number of hydrogen-bond acceptors (Lipinski definition) is 5. The van der Waals surface area contributed by atoms with Gasteiger partial charge in [0, 0.05) is 19.0 Å². The minimum Gasteiger partial charge on any atom is -0.408 e. The number of benzene rings is 1. The van der Waals surface area contributed by atoms with Gasteiger partial charge >= 0.3 is 6.09 Å². The monoisotopic (exact) mass is 413 g/mol. The fourth-order valence-electron chi connectivity index (χ4n) is 5.03. The van der Waals surface area contributed by atoms with Crippen LogP contribution in [0, 0.1) is 0 Å². The first-order chi connectivity index (χ1) is 14.7. The van der Waals surface area contributed by atoms with Crippen LogP contribution in [-0.2, 0) is 6.54 Å². The van der Waals surface area contributed by atoms with E-state index in [9.17, 15) is 4.79 Å². The number of para-hydroxylation sites is 1. The normalized spacial score (nSPS) is 19.4. The van der Waals surface area contributed by atoms with Crippen LogP contribution in [0.1, 0.15) is 57.2 Å². The molecular weight excluding hydrogens is 378 g/mol. The summed E-state index contributed by atoms with van der Waals surface area (Å²) >= 11 is 0. The van der Waals surface area contributed by atoms with Crippen molar-refractivity contribution in [1.82, 2.24) is 19.4 Å². The van der Waals surface area contributed by atoms with Gasteiger partial charge < -0.3 is 24.8 Å². The minimum atomic E-state index is -0.792. The number of carbonyl (C=O) groups excluding carboxylic acids is 1. The Labute approximate surface area is 179 Å². The average Bonchev–Trinajstić information content (AvgIpc) is 3.13. The second-order valence-corrected chi connectivity index (χ2v) is 8.68. The molecule has 1 aromatic carbocycles. The quantitative estimate of drug-likeness (QED) is 0.751. The number of likely N-dealkylation sites (tertiary alicyclic amines) is 2. The Bertz CT molecular complexity index is 851. The Balaban J connectivity index is 1.61. The van der Waals surface area contributed by atoms with Crippen LogP contribution in [0.15, 0.2) is 18.2 Å². The molecule has 0 spiro atoms. The van der Waals surface area contributed by atoms with Crippen LogP contribution in [0.4, 0.5) is 4.79 Å². The van der Waals surface area contributed by atoms with Crippen LogP contribution in [0.5, 0.6) is 5.75 Å². The number of carbonyl (C=O) groups is 1. The van der Waals surface area contributed by atoms with Crippen molar-refractivity contribution in [2.24, 2.45) is 5.73 Å². The summed E-state index contributed by atoms with van der Waals surface area (Å²) in [6.07, 6.45) is 6.60. The molecule has 0 aliphatic carbocycles. The predicted molar refractivity (Wildman–Crippen MR) is 119 cm³/mol. The van der Waals surface area contributed by atoms with Crippen molar-refractivity contribution in [3.05, 3.63) is 24.0 Å². The third-order valence-electron chi connectivity index (χ3n) is 6.56. The van der Waals surface area contributed by atoms with Gasteiger partial charge in [-0.1, -0.05) is 19.4 Å². The number of fused-ring (bicyclic) bond motifs is 1. The molecule has 2 aliphatic heterocycles. The zero-order valence-electron chi connectivity index (χ0n) is 18.2. The van der Waals surface area contributed by atoms with Crippen LogP contribution in [0.2, 0.25) is 0 Å². The molecule has 2 aromatic rings. The summed E-state index contributed by atoms with van der Waals surface area (Å²) in [7, 11) is 0. The van der Waals surface area contributed by atoms with Gasteiger partial charge in [-0.05, 0) is 77.0 Å². The van der Waals surface area contributed by atoms with E-state index in [2.05, 4.69) is 27.4 Å². The Morgan fingerprint density at radius 1 is 1.07 bits per heavy atom. The molecule has 1 amide bonds. The molecule has 1 aromatic heterocycles. The summed E-state index contributed by atoms with van der Waals surface area (Å²) in [5.74, 6) is 2.04. The Kier molecular flexibility index (Phi) is 6.89. The number of imidazole rings is 1. The van der Waals surface area contributed by atoms with E-state index in [-0.39, 0.29) is 0 Å². The maximum Gasteiger partial charge on any atom is 0.410 e. The highest BCUT2D eigenvalue weighted by atomic mass is 16.5. The lowest BCUT2D eigenvalue weighted by Gasteiger charge is -2.32. The van der Waals surface area contributed by atoms with Crippen LogP contribution in [0.25, 0.3) is 11.0 Å². The van der Waals surface area contributed by atoms with Gasteiger partial charge in [0.1, 0.15) is 11.3 Å². The van der Waals surface area contributed by atoms with E-state index in [4.69, 9.17) is 15.5 Å². The first-order valence-electron chi connectivity index (χ1n) is 11.6. The lowest BCUT2D eigenvalue weighted by Crippen LogP contribution is -2.35. The second kappa shape index (κ2) is 9.79. The molecule has 164 valence electrons. The van der Waals surface area contributed by atoms with E-state index < -0.39 is 6.09 Å². The van der Waals surface area contributed by atoms with Crippen molar-refractivity contribution >= 4 is 17.1 Å². The Hall–Kier alpha value is -2.12. The number of nitrogens with two attached hydrogens (primary N) is 1. The first-order valence-corrected chi connectivity index (χ1v) is 11.6. The van der Waals surface area contributed by atoms with Gasteiger partial charge in [-0.2, -0.15) is 0 Å². The lowest BCUT2D eigenvalue weighted by molar-refractivity contribution is 0.203. The number of amides is 1. The molecule has 4 rings (SSSR count). The number of aromatic nitrogens is 2. The smallest absolute Gasteiger partial charge is 0.408 e. The number of primary amides is 1. The van der Waals surface area contributed by atoms with E-state index in [1.807, 2.05) is 6.07 Å². The molecule has 0 saturated carbocycles. The molecule has 0 unspecified atom stereocenters. The standard InChI is InChI=1S/C23H35N5O2/c1-2-11-26-14-9-18(10-15-26)22-25-21-19(7-6-8-20(21)30-23(24)29)28(22)17-16-27-12-4-3-5-13-27/h6-8,18H,2-5,9-17H2,1H3,(H2,24,29). The number of piperidine rings is 2. The van der Waals surface area contributed by atoms with Gasteiger partial charge in [-0.25, -0.2) is 9.78 Å². The molecular formula is C23H35N5O2. The molecule has 0 radical (unpaired) electrons. The summed E-state index contributed by atoms with van der Waals surface area (Å²) in [4.78, 5) is 21.5. The highest BCUT2D eigenvalue weighted by Gasteiger charge is 2.26. The van der Waals surface area contributed by atoms with Crippen molar-refractivity contribution in [3.63, 3.8) is 0 Å². The van der Waals surface area contributed by atoms with Crippen molar-refractivity contribution in [3.8, 4) is 5.75 Å². The number of hydrogen-bond donors (Lipinski definition) is 1. The maximum absolute atomic E-state index is 11.4. The molecule has 0 atom stereocenters. The third kappa shape index (κ3) is 4.78. The number of nitrogens with zero attached hydrogens (tertiary/aromatic N) is 4. The third-order valence-corrected chi connectivity index (χ3v) is 6.56. The van der Waals surface area contributed by atoms with Crippen LogP contribution in [0.3, 0.4) is 0 Å². The van der Waals surface area contributed by atoms with Crippen molar-refractivity contribution in [2.75, 3.05) is 39.3 Å². The zero-order valence-corrected chi connectivity index (χ0v) is 18.2. The molecule has 0 bridgehead atoms. The molecule has 30 heavy (non-hydrogen) atoms. The summed E-state index contributed by atoms with van der Waals surface area (Å²) in [6.45, 7) is 9.99. The Morgan fingerprint density at radius 2 is 1.80 bits per heavy atom. The van der Waals surface area contributed by atoms with Crippen molar-refractivity contribution < 1.29 is 9.53 Å². The van der Waals surface area contributed by atoms with Gasteiger partial charge in [-0.3, -0.25) is 0 Å². The summed E-state index contributed by atoms with van der Waals surface area (Å²) < 4.78 is 7.64. The summed E-state index contributed by atoms with van der Waals surface area (Å²) in [5.41, 5.74) is 7.08. The number of rotatable bonds is 7. The van der Waals surface area contributed by atoms with E-state index in [1.165, 1.54) is 45.3 Å². The molecule has 3 heterocycles. The SMILES string of the molecule is CCCN1CCC(c2nc3c(OC(N)=O)cccc3n2CCN2CCCCC2)CC1. The van der Waals surface area contributed by atoms with E-state index in [0.717, 1.165) is 55.9 Å². The highest BCUT2D eigenvalue weighted by Crippen LogP contribution is 2.33. The van der Waals surface area contributed by atoms with Crippen LogP contribution >= 0.6 is 0 Å². The van der Waals surface area contributed by atoms with E-state index >= 15 is 0 Å². The van der Waals surface area contributed by atoms with Crippen molar-refractivity contribution in [2.45, 2.75) is 57.9 Å². The summed E-state index contributed by atoms with van der Waals surface area (Å²) in [5, 5.41) is 0. The first kappa shape index (κ1) is 21.1. The Morgan fingerprint density at radius 3 is 2.50 bits per heavy atom. The molecule has 2 fully saturated rings. The zero-order chi connectivity index (χ0) is 20.9. The van der Waals surface area contributed by atoms with E-state index in [1.54, 1.807) is 6.07 Å². The number of ether oxygens (including phenoxy) is 1. The fourth-order valence-corrected chi connectivity index (χ4v) is 5.03. The predicted octanol–water partition coefficient (Wildman–Crippen LogP) is 3.57. The topological polar surface area (TPSA) is 76.6 Å². The van der Waals surface area contributed by atoms with E-state index in [0.29, 0.717) is 11.7 Å². The van der Waals surface area contributed by atoms with Gasteiger partial charge in [0.2, 0.25) is 0 Å². The van der Waals surface area contributed by atoms with Gasteiger partial charge in [-0.15, -0.1) is 0 Å². The van der Waals surface area contributed by atoms with Gasteiger partial charge in [0.25, 0.3) is 0 Å². The fraction of sp³-hybridized carbons (Fsp3) is 0.652. The molecule has 2 N–H and O–H groups in total. The van der Waals surface area contributed by atoms with Gasteiger partial charge in [0.15, 0.2) is 5.75 Å². The highest BCUT2D eigenvalue weighted by molar-refractivity contribution is 5.85. The van der Waals surface area contributed by atoms with Crippen LogP contribution < -0.4 is 10.5 Å². The second-order valence-electron chi connectivity index (χ2n) is 8.68.